The van der Waals surface area contributed by atoms with Crippen molar-refractivity contribution in [2.45, 2.75) is 71.1 Å². The van der Waals surface area contributed by atoms with E-state index in [1.807, 2.05) is 0 Å². The maximum atomic E-state index is 5.65. The van der Waals surface area contributed by atoms with Crippen LogP contribution in [0.1, 0.15) is 71.1 Å². The first-order valence-electron chi connectivity index (χ1n) is 20.0. The number of rotatable bonds is 49. The fraction of sp³-hybridized carbons (Fsp3) is 1.00. The molecule has 52 heavy (non-hydrogen) atoms. The Morgan fingerprint density at radius 2 is 0.385 bits per heavy atom. The molecule has 14 heteroatoms. The summed E-state index contributed by atoms with van der Waals surface area (Å²) in [6, 6.07) is 0. The van der Waals surface area contributed by atoms with Gasteiger partial charge in [0.05, 0.1) is 165 Å². The van der Waals surface area contributed by atoms with E-state index >= 15 is 0 Å². The predicted molar refractivity (Wildman–Crippen MR) is 203 cm³/mol. The van der Waals surface area contributed by atoms with Gasteiger partial charge in [-0.3, -0.25) is 0 Å². The van der Waals surface area contributed by atoms with E-state index in [2.05, 4.69) is 6.92 Å². The molecule has 0 aromatic carbocycles. The maximum absolute atomic E-state index is 5.65. The minimum absolute atomic E-state index is 0.498. The van der Waals surface area contributed by atoms with Crippen molar-refractivity contribution in [1.82, 2.24) is 0 Å². The Hall–Kier alpha value is -0.230. The average molecular weight is 777 g/mol. The van der Waals surface area contributed by atoms with Gasteiger partial charge < -0.3 is 61.6 Å². The Kier molecular flexibility index (Phi) is 50.5. The van der Waals surface area contributed by atoms with Crippen molar-refractivity contribution in [3.8, 4) is 0 Å². The lowest BCUT2D eigenvalue weighted by Gasteiger charge is -2.09. The first-order valence-corrected chi connectivity index (χ1v) is 20.5. The first kappa shape index (κ1) is 51.8. The summed E-state index contributed by atoms with van der Waals surface area (Å²) in [6.45, 7) is 16.5. The molecule has 0 saturated carbocycles. The maximum Gasteiger partial charge on any atom is 0.0701 e. The van der Waals surface area contributed by atoms with Crippen LogP contribution in [0.5, 0.6) is 0 Å². The zero-order valence-electron chi connectivity index (χ0n) is 32.8. The van der Waals surface area contributed by atoms with Crippen molar-refractivity contribution in [2.24, 2.45) is 0 Å². The topological polar surface area (TPSA) is 120 Å². The lowest BCUT2D eigenvalue weighted by Crippen LogP contribution is -2.15. The molecular formula is C38H77ClO13. The van der Waals surface area contributed by atoms with Crippen LogP contribution in [0.4, 0.5) is 0 Å². The van der Waals surface area contributed by atoms with E-state index in [-0.39, 0.29) is 0 Å². The Balaban J connectivity index is 3.04. The number of hydrogen-bond acceptors (Lipinski definition) is 13. The second-order valence-corrected chi connectivity index (χ2v) is 12.2. The van der Waals surface area contributed by atoms with E-state index in [9.17, 15) is 0 Å². The van der Waals surface area contributed by atoms with Gasteiger partial charge in [-0.1, -0.05) is 64.7 Å². The number of alkyl halides is 1. The molecule has 0 aliphatic carbocycles. The van der Waals surface area contributed by atoms with Gasteiger partial charge in [0, 0.05) is 12.5 Å². The van der Waals surface area contributed by atoms with Gasteiger partial charge in [0.15, 0.2) is 0 Å². The quantitative estimate of drug-likeness (QED) is 0.0583. The molecule has 0 amide bonds. The van der Waals surface area contributed by atoms with Gasteiger partial charge in [-0.2, -0.15) is 0 Å². The summed E-state index contributed by atoms with van der Waals surface area (Å²) in [5, 5.41) is 0. The van der Waals surface area contributed by atoms with Crippen LogP contribution >= 0.6 is 11.6 Å². The Morgan fingerprint density at radius 3 is 0.596 bits per heavy atom. The SMILES string of the molecule is CCCCCCCCCCCCOCCOCCOCCOCCOCCOCCOCCOCCOCCOCCOCCOCCOCCCl. The molecule has 0 aliphatic heterocycles. The fourth-order valence-electron chi connectivity index (χ4n) is 4.49. The summed E-state index contributed by atoms with van der Waals surface area (Å²) in [5.74, 6) is 0.498. The van der Waals surface area contributed by atoms with Gasteiger partial charge in [-0.15, -0.1) is 11.6 Å². The third-order valence-electron chi connectivity index (χ3n) is 7.33. The highest BCUT2D eigenvalue weighted by atomic mass is 35.5. The highest BCUT2D eigenvalue weighted by Crippen LogP contribution is 2.10. The number of hydrogen-bond donors (Lipinski definition) is 0. The largest absolute Gasteiger partial charge is 0.379 e. The monoisotopic (exact) mass is 777 g/mol. The third-order valence-corrected chi connectivity index (χ3v) is 7.48. The van der Waals surface area contributed by atoms with Crippen molar-refractivity contribution < 1.29 is 61.6 Å². The molecule has 0 aliphatic rings. The molecule has 0 N–H and O–H groups in total. The molecular weight excluding hydrogens is 700 g/mol. The van der Waals surface area contributed by atoms with Gasteiger partial charge in [0.1, 0.15) is 0 Å². The predicted octanol–water partition coefficient (Wildman–Crippen LogP) is 5.36. The van der Waals surface area contributed by atoms with Crippen LogP contribution in [0, 0.1) is 0 Å². The highest BCUT2D eigenvalue weighted by molar-refractivity contribution is 6.17. The minimum Gasteiger partial charge on any atom is -0.379 e. The van der Waals surface area contributed by atoms with Crippen molar-refractivity contribution >= 4 is 11.6 Å². The number of unbranched alkanes of at least 4 members (excludes halogenated alkanes) is 9. The minimum atomic E-state index is 0.498. The molecule has 0 unspecified atom stereocenters. The number of ether oxygens (including phenoxy) is 13. The molecule has 0 spiro atoms. The number of halogens is 1. The summed E-state index contributed by atoms with van der Waals surface area (Å²) >= 11 is 5.52. The first-order chi connectivity index (χ1) is 25.9. The van der Waals surface area contributed by atoms with Crippen molar-refractivity contribution in [1.29, 1.82) is 0 Å². The lowest BCUT2D eigenvalue weighted by atomic mass is 10.1. The van der Waals surface area contributed by atoms with Crippen LogP contribution in [0.15, 0.2) is 0 Å². The summed E-state index contributed by atoms with van der Waals surface area (Å²) in [5.41, 5.74) is 0. The van der Waals surface area contributed by atoms with Crippen LogP contribution in [0.3, 0.4) is 0 Å². The summed E-state index contributed by atoms with van der Waals surface area (Å²) in [7, 11) is 0. The lowest BCUT2D eigenvalue weighted by molar-refractivity contribution is -0.0289. The Labute approximate surface area is 321 Å². The second kappa shape index (κ2) is 50.8. The second-order valence-electron chi connectivity index (χ2n) is 11.8. The molecule has 0 fully saturated rings. The fourth-order valence-corrected chi connectivity index (χ4v) is 4.60. The molecule has 0 saturated heterocycles. The van der Waals surface area contributed by atoms with Gasteiger partial charge in [-0.25, -0.2) is 0 Å². The van der Waals surface area contributed by atoms with Crippen LogP contribution in [0.25, 0.3) is 0 Å². The molecule has 0 aromatic rings. The van der Waals surface area contributed by atoms with Crippen molar-refractivity contribution in [3.05, 3.63) is 0 Å². The normalized spacial score (nSPS) is 11.7. The van der Waals surface area contributed by atoms with Crippen molar-refractivity contribution in [3.63, 3.8) is 0 Å². The molecule has 314 valence electrons. The zero-order valence-corrected chi connectivity index (χ0v) is 33.6. The summed E-state index contributed by atoms with van der Waals surface area (Å²) in [6.07, 6.45) is 13.4. The van der Waals surface area contributed by atoms with Gasteiger partial charge in [0.2, 0.25) is 0 Å². The summed E-state index contributed by atoms with van der Waals surface area (Å²) < 4.78 is 71.2. The molecule has 0 heterocycles. The Bertz CT molecular complexity index is 563. The molecule has 0 aromatic heterocycles. The zero-order chi connectivity index (χ0) is 37.4. The van der Waals surface area contributed by atoms with Crippen LogP contribution in [-0.2, 0) is 61.6 Å². The van der Waals surface area contributed by atoms with Gasteiger partial charge in [0.25, 0.3) is 0 Å². The van der Waals surface area contributed by atoms with E-state index in [0.29, 0.717) is 171 Å². The van der Waals surface area contributed by atoms with Crippen LogP contribution in [-0.4, -0.2) is 178 Å². The standard InChI is InChI=1S/C38H77ClO13/c1-2-3-4-5-6-7-8-9-10-11-13-40-15-17-42-19-21-44-23-25-46-27-29-48-31-33-50-35-37-52-38-36-51-34-32-49-30-28-47-26-24-45-22-20-43-18-16-41-14-12-39/h2-38H2,1H3. The van der Waals surface area contributed by atoms with Gasteiger partial charge >= 0.3 is 0 Å². The third kappa shape index (κ3) is 49.8. The molecule has 0 atom stereocenters. The van der Waals surface area contributed by atoms with E-state index in [1.54, 1.807) is 0 Å². The van der Waals surface area contributed by atoms with Gasteiger partial charge in [-0.05, 0) is 6.42 Å². The molecule has 0 radical (unpaired) electrons. The van der Waals surface area contributed by atoms with E-state index in [4.69, 9.17) is 73.2 Å². The summed E-state index contributed by atoms with van der Waals surface area (Å²) in [4.78, 5) is 0. The van der Waals surface area contributed by atoms with E-state index < -0.39 is 0 Å². The van der Waals surface area contributed by atoms with Crippen LogP contribution < -0.4 is 0 Å². The van der Waals surface area contributed by atoms with Crippen LogP contribution in [0.2, 0.25) is 0 Å². The smallest absolute Gasteiger partial charge is 0.0701 e. The Morgan fingerprint density at radius 1 is 0.212 bits per heavy atom. The average Bonchev–Trinajstić information content (AvgIpc) is 3.16. The van der Waals surface area contributed by atoms with Crippen molar-refractivity contribution in [2.75, 3.05) is 178 Å². The molecule has 0 rings (SSSR count). The van der Waals surface area contributed by atoms with E-state index in [1.165, 1.54) is 57.8 Å². The highest BCUT2D eigenvalue weighted by Gasteiger charge is 1.98. The van der Waals surface area contributed by atoms with E-state index in [0.717, 1.165) is 13.0 Å². The molecule has 0 bridgehead atoms. The molecule has 13 nitrogen and oxygen atoms in total.